The van der Waals surface area contributed by atoms with E-state index in [1.54, 1.807) is 16.8 Å². The molecule has 3 rings (SSSR count). The number of rotatable bonds is 5. The van der Waals surface area contributed by atoms with Gasteiger partial charge >= 0.3 is 0 Å². The Balaban J connectivity index is 1.75. The van der Waals surface area contributed by atoms with E-state index in [1.807, 2.05) is 13.1 Å². The smallest absolute Gasteiger partial charge is 0.129 e. The molecule has 2 aromatic rings. The Morgan fingerprint density at radius 2 is 2.25 bits per heavy atom. The highest BCUT2D eigenvalue weighted by molar-refractivity contribution is 6.31. The van der Waals surface area contributed by atoms with Crippen molar-refractivity contribution in [2.24, 2.45) is 0 Å². The van der Waals surface area contributed by atoms with Gasteiger partial charge in [-0.1, -0.05) is 17.7 Å². The summed E-state index contributed by atoms with van der Waals surface area (Å²) in [5.74, 6) is -0.289. The van der Waals surface area contributed by atoms with E-state index in [2.05, 4.69) is 10.4 Å². The fourth-order valence-electron chi connectivity index (χ4n) is 2.20. The van der Waals surface area contributed by atoms with E-state index in [0.29, 0.717) is 23.2 Å². The van der Waals surface area contributed by atoms with E-state index in [4.69, 9.17) is 11.6 Å². The third-order valence-electron chi connectivity index (χ3n) is 3.59. The lowest BCUT2D eigenvalue weighted by Crippen LogP contribution is -2.15. The summed E-state index contributed by atoms with van der Waals surface area (Å²) in [6.45, 7) is 3.15. The summed E-state index contributed by atoms with van der Waals surface area (Å²) in [6, 6.07) is 5.40. The molecule has 106 valence electrons. The van der Waals surface area contributed by atoms with Gasteiger partial charge in [0.15, 0.2) is 0 Å². The summed E-state index contributed by atoms with van der Waals surface area (Å²) in [5.41, 5.74) is 2.62. The zero-order valence-electron chi connectivity index (χ0n) is 11.4. The van der Waals surface area contributed by atoms with E-state index >= 15 is 0 Å². The molecular weight excluding hydrogens is 277 g/mol. The van der Waals surface area contributed by atoms with Gasteiger partial charge in [-0.3, -0.25) is 4.68 Å². The van der Waals surface area contributed by atoms with Crippen LogP contribution in [0.5, 0.6) is 0 Å². The molecule has 3 nitrogen and oxygen atoms in total. The molecular formula is C15H17ClFN3. The molecule has 1 aliphatic carbocycles. The molecule has 0 atom stereocenters. The highest BCUT2D eigenvalue weighted by Crippen LogP contribution is 2.21. The molecule has 1 heterocycles. The first-order valence-electron chi connectivity index (χ1n) is 6.82. The molecule has 1 saturated carbocycles. The number of hydrogen-bond acceptors (Lipinski definition) is 2. The van der Waals surface area contributed by atoms with Crippen LogP contribution < -0.4 is 5.32 Å². The minimum absolute atomic E-state index is 0.289. The number of halogens is 2. The molecule has 0 amide bonds. The number of aryl methyl sites for hydroxylation is 1. The van der Waals surface area contributed by atoms with E-state index < -0.39 is 0 Å². The number of aromatic nitrogens is 2. The molecule has 0 saturated heterocycles. The van der Waals surface area contributed by atoms with Gasteiger partial charge in [0.05, 0.1) is 12.2 Å². The van der Waals surface area contributed by atoms with Crippen LogP contribution in [0.1, 0.15) is 29.7 Å². The highest BCUT2D eigenvalue weighted by Gasteiger charge is 2.20. The largest absolute Gasteiger partial charge is 0.310 e. The second kappa shape index (κ2) is 5.54. The van der Waals surface area contributed by atoms with Crippen molar-refractivity contribution in [2.45, 2.75) is 38.9 Å². The van der Waals surface area contributed by atoms with Gasteiger partial charge in [0.2, 0.25) is 0 Å². The number of nitrogens with zero attached hydrogens (tertiary/aromatic N) is 2. The van der Waals surface area contributed by atoms with Gasteiger partial charge in [0.1, 0.15) is 5.82 Å². The zero-order chi connectivity index (χ0) is 14.1. The molecule has 1 aromatic heterocycles. The Morgan fingerprint density at radius 1 is 1.45 bits per heavy atom. The predicted molar refractivity (Wildman–Crippen MR) is 77.3 cm³/mol. The first-order chi connectivity index (χ1) is 9.63. The SMILES string of the molecule is Cc1nn(Cc2c(F)cccc2Cl)cc1CNC1CC1. The van der Waals surface area contributed by atoms with Crippen LogP contribution in [0.2, 0.25) is 5.02 Å². The van der Waals surface area contributed by atoms with Gasteiger partial charge in [-0.15, -0.1) is 0 Å². The summed E-state index contributed by atoms with van der Waals surface area (Å²) < 4.78 is 15.5. The lowest BCUT2D eigenvalue weighted by atomic mass is 10.2. The Bertz CT molecular complexity index is 599. The van der Waals surface area contributed by atoms with Crippen LogP contribution >= 0.6 is 11.6 Å². The van der Waals surface area contributed by atoms with Crippen LogP contribution in [-0.4, -0.2) is 15.8 Å². The number of nitrogens with one attached hydrogen (secondary N) is 1. The van der Waals surface area contributed by atoms with Crippen molar-refractivity contribution in [1.82, 2.24) is 15.1 Å². The van der Waals surface area contributed by atoms with Gasteiger partial charge in [-0.25, -0.2) is 4.39 Å². The van der Waals surface area contributed by atoms with Gasteiger partial charge in [-0.2, -0.15) is 5.10 Å². The Hall–Kier alpha value is -1.39. The molecule has 1 fully saturated rings. The van der Waals surface area contributed by atoms with Crippen LogP contribution in [0.3, 0.4) is 0 Å². The minimum atomic E-state index is -0.289. The van der Waals surface area contributed by atoms with Crippen LogP contribution in [0.15, 0.2) is 24.4 Å². The maximum Gasteiger partial charge on any atom is 0.129 e. The van der Waals surface area contributed by atoms with Crippen LogP contribution in [-0.2, 0) is 13.1 Å². The molecule has 0 spiro atoms. The first kappa shape index (κ1) is 13.6. The second-order valence-electron chi connectivity index (χ2n) is 5.29. The molecule has 0 aliphatic heterocycles. The van der Waals surface area contributed by atoms with Crippen molar-refractivity contribution in [1.29, 1.82) is 0 Å². The van der Waals surface area contributed by atoms with E-state index in [-0.39, 0.29) is 5.82 Å². The van der Waals surface area contributed by atoms with Gasteiger partial charge in [0.25, 0.3) is 0 Å². The maximum atomic E-state index is 13.8. The summed E-state index contributed by atoms with van der Waals surface area (Å²) in [7, 11) is 0. The van der Waals surface area contributed by atoms with Crippen LogP contribution in [0.4, 0.5) is 4.39 Å². The van der Waals surface area contributed by atoms with Crippen LogP contribution in [0.25, 0.3) is 0 Å². The lowest BCUT2D eigenvalue weighted by Gasteiger charge is -2.05. The molecule has 1 aromatic carbocycles. The normalized spacial score (nSPS) is 14.8. The van der Waals surface area contributed by atoms with Crippen molar-refractivity contribution < 1.29 is 4.39 Å². The fraction of sp³-hybridized carbons (Fsp3) is 0.400. The van der Waals surface area contributed by atoms with Crippen molar-refractivity contribution in [3.63, 3.8) is 0 Å². The standard InChI is InChI=1S/C15H17ClFN3/c1-10-11(7-18-12-5-6-12)8-20(19-10)9-13-14(16)3-2-4-15(13)17/h2-4,8,12,18H,5-7,9H2,1H3. The van der Waals surface area contributed by atoms with E-state index in [9.17, 15) is 4.39 Å². The van der Waals surface area contributed by atoms with E-state index in [0.717, 1.165) is 17.8 Å². The average molecular weight is 294 g/mol. The summed E-state index contributed by atoms with van der Waals surface area (Å²) >= 11 is 6.04. The lowest BCUT2D eigenvalue weighted by molar-refractivity contribution is 0.584. The molecule has 1 N–H and O–H groups in total. The topological polar surface area (TPSA) is 29.9 Å². The van der Waals surface area contributed by atoms with E-state index in [1.165, 1.54) is 18.9 Å². The number of benzene rings is 1. The Kier molecular flexibility index (Phi) is 3.76. The minimum Gasteiger partial charge on any atom is -0.310 e. The van der Waals surface area contributed by atoms with Crippen molar-refractivity contribution in [2.75, 3.05) is 0 Å². The van der Waals surface area contributed by atoms with Gasteiger partial charge in [-0.05, 0) is 31.9 Å². The number of hydrogen-bond donors (Lipinski definition) is 1. The molecule has 0 bridgehead atoms. The third-order valence-corrected chi connectivity index (χ3v) is 3.94. The quantitative estimate of drug-likeness (QED) is 0.917. The first-order valence-corrected chi connectivity index (χ1v) is 7.20. The maximum absolute atomic E-state index is 13.8. The predicted octanol–water partition coefficient (Wildman–Crippen LogP) is 3.28. The van der Waals surface area contributed by atoms with Crippen molar-refractivity contribution in [3.8, 4) is 0 Å². The highest BCUT2D eigenvalue weighted by atomic mass is 35.5. The third kappa shape index (κ3) is 3.02. The zero-order valence-corrected chi connectivity index (χ0v) is 12.1. The molecule has 0 unspecified atom stereocenters. The average Bonchev–Trinajstić information content (AvgIpc) is 3.16. The van der Waals surface area contributed by atoms with Crippen molar-refractivity contribution in [3.05, 3.63) is 52.1 Å². The molecule has 5 heteroatoms. The monoisotopic (exact) mass is 293 g/mol. The second-order valence-corrected chi connectivity index (χ2v) is 5.70. The van der Waals surface area contributed by atoms with Gasteiger partial charge < -0.3 is 5.32 Å². The summed E-state index contributed by atoms with van der Waals surface area (Å²) in [6.07, 6.45) is 4.49. The molecule has 0 radical (unpaired) electrons. The van der Waals surface area contributed by atoms with Crippen molar-refractivity contribution >= 4 is 11.6 Å². The Morgan fingerprint density at radius 3 is 2.95 bits per heavy atom. The summed E-state index contributed by atoms with van der Waals surface area (Å²) in [5, 5.41) is 8.34. The Labute approximate surface area is 122 Å². The molecule has 1 aliphatic rings. The van der Waals surface area contributed by atoms with Crippen LogP contribution in [0, 0.1) is 12.7 Å². The summed E-state index contributed by atoms with van der Waals surface area (Å²) in [4.78, 5) is 0. The molecule has 20 heavy (non-hydrogen) atoms. The fourth-order valence-corrected chi connectivity index (χ4v) is 2.42. The van der Waals surface area contributed by atoms with Gasteiger partial charge in [0, 0.05) is 34.9 Å².